The highest BCUT2D eigenvalue weighted by molar-refractivity contribution is 5.94. The van der Waals surface area contributed by atoms with Crippen LogP contribution in [0.1, 0.15) is 16.8 Å². The van der Waals surface area contributed by atoms with Gasteiger partial charge < -0.3 is 20.9 Å². The Morgan fingerprint density at radius 1 is 1.44 bits per heavy atom. The summed E-state index contributed by atoms with van der Waals surface area (Å²) in [5.41, 5.74) is 5.64. The number of ether oxygens (including phenoxy) is 1. The predicted octanol–water partition coefficient (Wildman–Crippen LogP) is 0.537. The molecule has 18 heavy (non-hydrogen) atoms. The number of amides is 1. The summed E-state index contributed by atoms with van der Waals surface area (Å²) < 4.78 is 18.4. The Hall–Kier alpha value is -1.66. The van der Waals surface area contributed by atoms with Crippen LogP contribution in [0.25, 0.3) is 0 Å². The van der Waals surface area contributed by atoms with Crippen LogP contribution in [0.5, 0.6) is 0 Å². The molecule has 0 fully saturated rings. The molecule has 0 aliphatic rings. The molecule has 0 atom stereocenters. The molecule has 0 bridgehead atoms. The molecule has 0 radical (unpaired) electrons. The molecule has 6 heteroatoms. The van der Waals surface area contributed by atoms with E-state index in [4.69, 9.17) is 15.6 Å². The molecule has 1 aromatic carbocycles. The largest absolute Gasteiger partial charge is 0.399 e. The van der Waals surface area contributed by atoms with Gasteiger partial charge in [-0.05, 0) is 24.6 Å². The van der Waals surface area contributed by atoms with Crippen molar-refractivity contribution in [2.45, 2.75) is 6.42 Å². The van der Waals surface area contributed by atoms with Crippen molar-refractivity contribution < 1.29 is 19.0 Å². The summed E-state index contributed by atoms with van der Waals surface area (Å²) >= 11 is 0. The fourth-order valence-electron chi connectivity index (χ4n) is 1.35. The van der Waals surface area contributed by atoms with Crippen LogP contribution in [0.3, 0.4) is 0 Å². The van der Waals surface area contributed by atoms with Crippen molar-refractivity contribution >= 4 is 11.6 Å². The molecule has 1 amide bonds. The molecule has 0 saturated carbocycles. The van der Waals surface area contributed by atoms with E-state index in [1.807, 2.05) is 0 Å². The van der Waals surface area contributed by atoms with Crippen molar-refractivity contribution in [2.75, 3.05) is 32.1 Å². The maximum Gasteiger partial charge on any atom is 0.254 e. The molecule has 0 aliphatic heterocycles. The molecule has 0 unspecified atom stereocenters. The number of hydrogen-bond acceptors (Lipinski definition) is 4. The van der Waals surface area contributed by atoms with Gasteiger partial charge in [-0.3, -0.25) is 4.79 Å². The van der Waals surface area contributed by atoms with Crippen LogP contribution in [0.2, 0.25) is 0 Å². The summed E-state index contributed by atoms with van der Waals surface area (Å²) in [6.45, 7) is 1.07. The number of benzene rings is 1. The van der Waals surface area contributed by atoms with Crippen LogP contribution in [-0.2, 0) is 4.74 Å². The zero-order chi connectivity index (χ0) is 13.4. The summed E-state index contributed by atoms with van der Waals surface area (Å²) in [6, 6.07) is 3.93. The summed E-state index contributed by atoms with van der Waals surface area (Å²) in [7, 11) is 0. The van der Waals surface area contributed by atoms with E-state index in [9.17, 15) is 9.18 Å². The number of aliphatic hydroxyl groups is 1. The van der Waals surface area contributed by atoms with Crippen LogP contribution in [0.15, 0.2) is 18.2 Å². The summed E-state index contributed by atoms with van der Waals surface area (Å²) in [5.74, 6) is -1.11. The molecule has 0 aliphatic carbocycles. The maximum absolute atomic E-state index is 13.4. The van der Waals surface area contributed by atoms with E-state index in [-0.39, 0.29) is 24.5 Å². The molecule has 0 saturated heterocycles. The van der Waals surface area contributed by atoms with E-state index >= 15 is 0 Å². The number of halogens is 1. The zero-order valence-electron chi connectivity index (χ0n) is 9.99. The number of anilines is 1. The highest BCUT2D eigenvalue weighted by atomic mass is 19.1. The fourth-order valence-corrected chi connectivity index (χ4v) is 1.35. The Kier molecular flexibility index (Phi) is 6.10. The minimum atomic E-state index is -0.635. The molecular formula is C12H17FN2O3. The van der Waals surface area contributed by atoms with Gasteiger partial charge in [0.2, 0.25) is 0 Å². The van der Waals surface area contributed by atoms with Gasteiger partial charge in [0.15, 0.2) is 0 Å². The summed E-state index contributed by atoms with van der Waals surface area (Å²) in [4.78, 5) is 11.6. The highest BCUT2D eigenvalue weighted by Crippen LogP contribution is 2.11. The van der Waals surface area contributed by atoms with Gasteiger partial charge in [0.25, 0.3) is 5.91 Å². The third-order valence-corrected chi connectivity index (χ3v) is 2.22. The molecule has 0 spiro atoms. The third-order valence-electron chi connectivity index (χ3n) is 2.22. The summed E-state index contributed by atoms with van der Waals surface area (Å²) in [6.07, 6.45) is 0.600. The normalized spacial score (nSPS) is 10.3. The highest BCUT2D eigenvalue weighted by Gasteiger charge is 2.10. The van der Waals surface area contributed by atoms with Gasteiger partial charge in [0.1, 0.15) is 5.82 Å². The fraction of sp³-hybridized carbons (Fsp3) is 0.417. The van der Waals surface area contributed by atoms with Gasteiger partial charge in [-0.2, -0.15) is 0 Å². The number of nitrogens with one attached hydrogen (secondary N) is 1. The topological polar surface area (TPSA) is 84.6 Å². The van der Waals surface area contributed by atoms with Crippen LogP contribution in [-0.4, -0.2) is 37.4 Å². The Morgan fingerprint density at radius 2 is 2.22 bits per heavy atom. The minimum absolute atomic E-state index is 0.0248. The Balaban J connectivity index is 2.32. The molecule has 1 rings (SSSR count). The minimum Gasteiger partial charge on any atom is -0.399 e. The van der Waals surface area contributed by atoms with Gasteiger partial charge in [-0.25, -0.2) is 4.39 Å². The lowest BCUT2D eigenvalue weighted by atomic mass is 10.2. The second-order valence-corrected chi connectivity index (χ2v) is 3.68. The Bertz CT molecular complexity index is 399. The lowest BCUT2D eigenvalue weighted by Crippen LogP contribution is -2.26. The second-order valence-electron chi connectivity index (χ2n) is 3.68. The number of nitrogen functional groups attached to an aromatic ring is 1. The molecule has 1 aromatic rings. The zero-order valence-corrected chi connectivity index (χ0v) is 9.99. The van der Waals surface area contributed by atoms with Gasteiger partial charge in [0.05, 0.1) is 18.8 Å². The Labute approximate surface area is 105 Å². The van der Waals surface area contributed by atoms with Crippen molar-refractivity contribution in [3.63, 3.8) is 0 Å². The standard InChI is InChI=1S/C12H17FN2O3/c13-11-8-9(14)2-3-10(11)12(17)15-4-1-6-18-7-5-16/h2-3,8,16H,1,4-7,14H2,(H,15,17). The quantitative estimate of drug-likeness (QED) is 0.491. The molecule has 5 nitrogen and oxygen atoms in total. The average molecular weight is 256 g/mol. The molecule has 100 valence electrons. The van der Waals surface area contributed by atoms with Gasteiger partial charge >= 0.3 is 0 Å². The second kappa shape index (κ2) is 7.62. The summed E-state index contributed by atoms with van der Waals surface area (Å²) in [5, 5.41) is 11.0. The smallest absolute Gasteiger partial charge is 0.254 e. The van der Waals surface area contributed by atoms with Crippen LogP contribution < -0.4 is 11.1 Å². The van der Waals surface area contributed by atoms with Gasteiger partial charge in [-0.1, -0.05) is 0 Å². The van der Waals surface area contributed by atoms with Crippen molar-refractivity contribution in [2.24, 2.45) is 0 Å². The first-order valence-corrected chi connectivity index (χ1v) is 5.67. The number of rotatable bonds is 7. The van der Waals surface area contributed by atoms with Crippen LogP contribution in [0, 0.1) is 5.82 Å². The van der Waals surface area contributed by atoms with Crippen LogP contribution >= 0.6 is 0 Å². The van der Waals surface area contributed by atoms with Crippen molar-refractivity contribution in [3.8, 4) is 0 Å². The number of hydrogen-bond donors (Lipinski definition) is 3. The predicted molar refractivity (Wildman–Crippen MR) is 65.7 cm³/mol. The van der Waals surface area contributed by atoms with E-state index in [1.54, 1.807) is 0 Å². The van der Waals surface area contributed by atoms with Crippen molar-refractivity contribution in [3.05, 3.63) is 29.6 Å². The first kappa shape index (κ1) is 14.4. The van der Waals surface area contributed by atoms with E-state index in [0.29, 0.717) is 19.6 Å². The van der Waals surface area contributed by atoms with E-state index in [2.05, 4.69) is 5.32 Å². The lowest BCUT2D eigenvalue weighted by Gasteiger charge is -2.06. The van der Waals surface area contributed by atoms with E-state index in [0.717, 1.165) is 6.07 Å². The van der Waals surface area contributed by atoms with Gasteiger partial charge in [0, 0.05) is 18.8 Å². The number of carbonyl (C=O) groups is 1. The lowest BCUT2D eigenvalue weighted by molar-refractivity contribution is 0.0866. The molecule has 0 aromatic heterocycles. The molecule has 4 N–H and O–H groups in total. The SMILES string of the molecule is Nc1ccc(C(=O)NCCCOCCO)c(F)c1. The first-order valence-electron chi connectivity index (χ1n) is 5.67. The van der Waals surface area contributed by atoms with Gasteiger partial charge in [-0.15, -0.1) is 0 Å². The van der Waals surface area contributed by atoms with Crippen molar-refractivity contribution in [1.82, 2.24) is 5.32 Å². The molecular weight excluding hydrogens is 239 g/mol. The van der Waals surface area contributed by atoms with Crippen LogP contribution in [0.4, 0.5) is 10.1 Å². The third kappa shape index (κ3) is 4.68. The maximum atomic E-state index is 13.4. The number of carbonyl (C=O) groups excluding carboxylic acids is 1. The first-order chi connectivity index (χ1) is 8.65. The Morgan fingerprint density at radius 3 is 2.89 bits per heavy atom. The monoisotopic (exact) mass is 256 g/mol. The van der Waals surface area contributed by atoms with Crippen molar-refractivity contribution in [1.29, 1.82) is 0 Å². The molecule has 0 heterocycles. The van der Waals surface area contributed by atoms with E-state index < -0.39 is 11.7 Å². The average Bonchev–Trinajstić information content (AvgIpc) is 2.33. The number of aliphatic hydroxyl groups excluding tert-OH is 1. The van der Waals surface area contributed by atoms with E-state index in [1.165, 1.54) is 12.1 Å². The number of nitrogens with two attached hydrogens (primary N) is 1.